The van der Waals surface area contributed by atoms with Crippen LogP contribution in [-0.4, -0.2) is 11.1 Å². The molecule has 0 aromatic heterocycles. The second-order valence-corrected chi connectivity index (χ2v) is 4.86. The first-order chi connectivity index (χ1) is 9.47. The number of aryl methyl sites for hydroxylation is 1. The summed E-state index contributed by atoms with van der Waals surface area (Å²) in [6.07, 6.45) is 0. The number of benzene rings is 2. The molecule has 0 atom stereocenters. The van der Waals surface area contributed by atoms with E-state index < -0.39 is 11.8 Å². The van der Waals surface area contributed by atoms with Gasteiger partial charge in [0.25, 0.3) is 0 Å². The molecule has 2 aromatic carbocycles. The van der Waals surface area contributed by atoms with E-state index in [9.17, 15) is 9.18 Å². The van der Waals surface area contributed by atoms with Gasteiger partial charge in [0.1, 0.15) is 5.82 Å². The highest BCUT2D eigenvalue weighted by Gasteiger charge is 2.08. The van der Waals surface area contributed by atoms with Gasteiger partial charge in [-0.15, -0.1) is 0 Å². The first-order valence-electron chi connectivity index (χ1n) is 5.99. The van der Waals surface area contributed by atoms with E-state index in [4.69, 9.17) is 16.7 Å². The van der Waals surface area contributed by atoms with Crippen LogP contribution in [0.25, 0.3) is 0 Å². The monoisotopic (exact) mass is 293 g/mol. The SMILES string of the molecule is Cc1cc(Cl)ccc1CNc1cc(C(=O)O)ccc1F. The topological polar surface area (TPSA) is 49.3 Å². The fourth-order valence-electron chi connectivity index (χ4n) is 1.84. The third kappa shape index (κ3) is 3.27. The largest absolute Gasteiger partial charge is 0.478 e. The number of hydrogen-bond donors (Lipinski definition) is 2. The van der Waals surface area contributed by atoms with Gasteiger partial charge in [-0.1, -0.05) is 17.7 Å². The summed E-state index contributed by atoms with van der Waals surface area (Å²) < 4.78 is 13.6. The lowest BCUT2D eigenvalue weighted by Gasteiger charge is -2.11. The van der Waals surface area contributed by atoms with E-state index in [-0.39, 0.29) is 11.3 Å². The second kappa shape index (κ2) is 5.92. The number of rotatable bonds is 4. The van der Waals surface area contributed by atoms with Crippen molar-refractivity contribution in [1.82, 2.24) is 0 Å². The highest BCUT2D eigenvalue weighted by atomic mass is 35.5. The van der Waals surface area contributed by atoms with Gasteiger partial charge in [0.05, 0.1) is 11.3 Å². The summed E-state index contributed by atoms with van der Waals surface area (Å²) in [5.74, 6) is -1.57. The zero-order chi connectivity index (χ0) is 14.7. The van der Waals surface area contributed by atoms with Crippen LogP contribution >= 0.6 is 11.6 Å². The predicted molar refractivity (Wildman–Crippen MR) is 76.9 cm³/mol. The average Bonchev–Trinajstić information content (AvgIpc) is 2.39. The minimum absolute atomic E-state index is 0.0433. The van der Waals surface area contributed by atoms with Crippen LogP contribution in [0.2, 0.25) is 5.02 Å². The van der Waals surface area contributed by atoms with Crippen molar-refractivity contribution in [1.29, 1.82) is 0 Å². The maximum absolute atomic E-state index is 13.6. The van der Waals surface area contributed by atoms with E-state index in [1.54, 1.807) is 6.07 Å². The van der Waals surface area contributed by atoms with Crippen LogP contribution in [0, 0.1) is 12.7 Å². The summed E-state index contributed by atoms with van der Waals surface area (Å²) >= 11 is 5.87. The zero-order valence-electron chi connectivity index (χ0n) is 10.8. The van der Waals surface area contributed by atoms with Crippen molar-refractivity contribution in [2.75, 3.05) is 5.32 Å². The highest BCUT2D eigenvalue weighted by molar-refractivity contribution is 6.30. The molecule has 0 saturated carbocycles. The van der Waals surface area contributed by atoms with Crippen molar-refractivity contribution >= 4 is 23.3 Å². The Bertz CT molecular complexity index is 658. The van der Waals surface area contributed by atoms with E-state index in [0.29, 0.717) is 11.6 Å². The number of nitrogens with one attached hydrogen (secondary N) is 1. The minimum Gasteiger partial charge on any atom is -0.478 e. The van der Waals surface area contributed by atoms with Gasteiger partial charge in [0, 0.05) is 11.6 Å². The quantitative estimate of drug-likeness (QED) is 0.892. The Hall–Kier alpha value is -2.07. The normalized spacial score (nSPS) is 10.3. The fourth-order valence-corrected chi connectivity index (χ4v) is 2.07. The van der Waals surface area contributed by atoms with Crippen LogP contribution in [0.3, 0.4) is 0 Å². The van der Waals surface area contributed by atoms with Gasteiger partial charge in [0.15, 0.2) is 0 Å². The number of carbonyl (C=O) groups is 1. The maximum atomic E-state index is 13.6. The van der Waals surface area contributed by atoms with Crippen LogP contribution in [-0.2, 0) is 6.54 Å². The molecular weight excluding hydrogens is 281 g/mol. The summed E-state index contributed by atoms with van der Waals surface area (Å²) in [6.45, 7) is 2.30. The Morgan fingerprint density at radius 1 is 1.30 bits per heavy atom. The van der Waals surface area contributed by atoms with Crippen LogP contribution < -0.4 is 5.32 Å². The van der Waals surface area contributed by atoms with Gasteiger partial charge < -0.3 is 10.4 Å². The molecule has 0 aliphatic rings. The van der Waals surface area contributed by atoms with Gasteiger partial charge in [-0.3, -0.25) is 0 Å². The summed E-state index contributed by atoms with van der Waals surface area (Å²) in [5.41, 5.74) is 2.16. The van der Waals surface area contributed by atoms with Gasteiger partial charge in [-0.2, -0.15) is 0 Å². The molecular formula is C15H13ClFNO2. The smallest absolute Gasteiger partial charge is 0.335 e. The van der Waals surface area contributed by atoms with Crippen molar-refractivity contribution in [3.63, 3.8) is 0 Å². The summed E-state index contributed by atoms with van der Waals surface area (Å²) in [4.78, 5) is 10.9. The third-order valence-corrected chi connectivity index (χ3v) is 3.22. The Balaban J connectivity index is 2.18. The molecule has 0 fully saturated rings. The van der Waals surface area contributed by atoms with E-state index >= 15 is 0 Å². The number of halogens is 2. The Morgan fingerprint density at radius 3 is 2.70 bits per heavy atom. The summed E-state index contributed by atoms with van der Waals surface area (Å²) in [5, 5.41) is 12.4. The van der Waals surface area contributed by atoms with Gasteiger partial charge in [-0.05, 0) is 48.4 Å². The molecule has 0 aliphatic heterocycles. The third-order valence-electron chi connectivity index (χ3n) is 2.99. The first kappa shape index (κ1) is 14.3. The van der Waals surface area contributed by atoms with Gasteiger partial charge >= 0.3 is 5.97 Å². The number of hydrogen-bond acceptors (Lipinski definition) is 2. The molecule has 2 N–H and O–H groups in total. The molecule has 3 nitrogen and oxygen atoms in total. The van der Waals surface area contributed by atoms with Crippen molar-refractivity contribution in [2.45, 2.75) is 13.5 Å². The number of anilines is 1. The molecule has 20 heavy (non-hydrogen) atoms. The van der Waals surface area contributed by atoms with Crippen LogP contribution in [0.15, 0.2) is 36.4 Å². The Morgan fingerprint density at radius 2 is 2.05 bits per heavy atom. The molecule has 2 rings (SSSR count). The number of carboxylic acids is 1. The van der Waals surface area contributed by atoms with Crippen molar-refractivity contribution in [3.8, 4) is 0 Å². The highest BCUT2D eigenvalue weighted by Crippen LogP contribution is 2.20. The molecule has 0 spiro atoms. The van der Waals surface area contributed by atoms with Crippen LogP contribution in [0.5, 0.6) is 0 Å². The van der Waals surface area contributed by atoms with Gasteiger partial charge in [-0.25, -0.2) is 9.18 Å². The van der Waals surface area contributed by atoms with Crippen LogP contribution in [0.1, 0.15) is 21.5 Å². The Kier molecular flexibility index (Phi) is 4.25. The summed E-state index contributed by atoms with van der Waals surface area (Å²) in [7, 11) is 0. The first-order valence-corrected chi connectivity index (χ1v) is 6.37. The molecule has 104 valence electrons. The molecule has 0 heterocycles. The molecule has 0 amide bonds. The van der Waals surface area contributed by atoms with E-state index in [1.165, 1.54) is 12.1 Å². The van der Waals surface area contributed by atoms with Crippen molar-refractivity contribution in [2.24, 2.45) is 0 Å². The molecule has 0 bridgehead atoms. The van der Waals surface area contributed by atoms with E-state index in [0.717, 1.165) is 17.2 Å². The fraction of sp³-hybridized carbons (Fsp3) is 0.133. The molecule has 2 aromatic rings. The summed E-state index contributed by atoms with van der Waals surface area (Å²) in [6, 6.07) is 9.08. The number of carboxylic acid groups (broad SMARTS) is 1. The second-order valence-electron chi connectivity index (χ2n) is 4.42. The van der Waals surface area contributed by atoms with E-state index in [1.807, 2.05) is 19.1 Å². The molecule has 0 unspecified atom stereocenters. The number of aromatic carboxylic acids is 1. The average molecular weight is 294 g/mol. The Labute approximate surface area is 121 Å². The van der Waals surface area contributed by atoms with Crippen LogP contribution in [0.4, 0.5) is 10.1 Å². The molecule has 5 heteroatoms. The lowest BCUT2D eigenvalue weighted by atomic mass is 10.1. The van der Waals surface area contributed by atoms with Crippen molar-refractivity contribution < 1.29 is 14.3 Å². The molecule has 0 saturated heterocycles. The lowest BCUT2D eigenvalue weighted by Crippen LogP contribution is -2.05. The van der Waals surface area contributed by atoms with Gasteiger partial charge in [0.2, 0.25) is 0 Å². The maximum Gasteiger partial charge on any atom is 0.335 e. The molecule has 0 aliphatic carbocycles. The minimum atomic E-state index is -1.09. The van der Waals surface area contributed by atoms with Crippen molar-refractivity contribution in [3.05, 3.63) is 63.9 Å². The lowest BCUT2D eigenvalue weighted by molar-refractivity contribution is 0.0697. The predicted octanol–water partition coefficient (Wildman–Crippen LogP) is 4.10. The van der Waals surface area contributed by atoms with E-state index in [2.05, 4.69) is 5.32 Å². The molecule has 0 radical (unpaired) electrons. The standard InChI is InChI=1S/C15H13ClFNO2/c1-9-6-12(16)4-2-11(9)8-18-14-7-10(15(19)20)3-5-13(14)17/h2-7,18H,8H2,1H3,(H,19,20). The zero-order valence-corrected chi connectivity index (χ0v) is 11.5.